The molecule has 1 aromatic heterocycles. The number of hydrogen-bond acceptors (Lipinski definition) is 4. The molecule has 30 heavy (non-hydrogen) atoms. The first-order valence-corrected chi connectivity index (χ1v) is 9.83. The van der Waals surface area contributed by atoms with Crippen molar-refractivity contribution in [3.63, 3.8) is 0 Å². The highest BCUT2D eigenvalue weighted by atomic mass is 16.3. The molecule has 1 aliphatic heterocycles. The predicted molar refractivity (Wildman–Crippen MR) is 117 cm³/mol. The van der Waals surface area contributed by atoms with Crippen LogP contribution >= 0.6 is 0 Å². The zero-order chi connectivity index (χ0) is 21.0. The average Bonchev–Trinajstić information content (AvgIpc) is 3.21. The van der Waals surface area contributed by atoms with E-state index in [2.05, 4.69) is 4.98 Å². The minimum atomic E-state index is -0.286. The summed E-state index contributed by atoms with van der Waals surface area (Å²) in [5.41, 5.74) is 4.22. The molecule has 2 heterocycles. The molecule has 0 bridgehead atoms. The maximum absolute atomic E-state index is 13.3. The van der Waals surface area contributed by atoms with Crippen LogP contribution in [0.3, 0.4) is 0 Å². The fourth-order valence-corrected chi connectivity index (χ4v) is 4.18. The largest absolute Gasteiger partial charge is 0.508 e. The molecule has 0 saturated heterocycles. The third-order valence-corrected chi connectivity index (χ3v) is 5.65. The van der Waals surface area contributed by atoms with Crippen LogP contribution in [-0.2, 0) is 0 Å². The van der Waals surface area contributed by atoms with E-state index in [1.807, 2.05) is 55.4 Å². The number of aromatic amines is 1. The average molecular weight is 399 g/mol. The van der Waals surface area contributed by atoms with Crippen LogP contribution in [0.5, 0.6) is 5.75 Å². The molecule has 2 N–H and O–H groups in total. The lowest BCUT2D eigenvalue weighted by atomic mass is 9.95. The van der Waals surface area contributed by atoms with Crippen molar-refractivity contribution in [1.82, 2.24) is 14.8 Å². The van der Waals surface area contributed by atoms with Gasteiger partial charge in [-0.1, -0.05) is 30.3 Å². The smallest absolute Gasteiger partial charge is 0.262 e. The maximum Gasteiger partial charge on any atom is 0.262 e. The molecule has 4 aromatic rings. The number of carbonyl (C=O) groups is 2. The highest BCUT2D eigenvalue weighted by Gasteiger charge is 2.38. The maximum atomic E-state index is 13.3. The zero-order valence-electron chi connectivity index (χ0n) is 16.8. The molecule has 6 nitrogen and oxygen atoms in total. The molecule has 5 rings (SSSR count). The molecule has 2 amide bonds. The summed E-state index contributed by atoms with van der Waals surface area (Å²) < 4.78 is 0. The lowest BCUT2D eigenvalue weighted by molar-refractivity contribution is 0.0645. The van der Waals surface area contributed by atoms with Crippen LogP contribution in [0.2, 0.25) is 0 Å². The summed E-state index contributed by atoms with van der Waals surface area (Å²) in [6.07, 6.45) is 0. The number of hydrogen-bond donors (Lipinski definition) is 2. The number of aromatic hydroxyl groups is 1. The topological polar surface area (TPSA) is 76.6 Å². The second kappa shape index (κ2) is 6.71. The number of aromatic nitrogens is 1. The van der Waals surface area contributed by atoms with Gasteiger partial charge in [0.25, 0.3) is 11.8 Å². The summed E-state index contributed by atoms with van der Waals surface area (Å²) in [4.78, 5) is 33.2. The van der Waals surface area contributed by atoms with Crippen molar-refractivity contribution in [3.05, 3.63) is 65.7 Å². The van der Waals surface area contributed by atoms with Crippen molar-refractivity contribution in [2.24, 2.45) is 0 Å². The summed E-state index contributed by atoms with van der Waals surface area (Å²) in [7, 11) is 3.82. The van der Waals surface area contributed by atoms with Gasteiger partial charge in [0, 0.05) is 34.9 Å². The fraction of sp³-hybridized carbons (Fsp3) is 0.167. The van der Waals surface area contributed by atoms with Gasteiger partial charge in [0.15, 0.2) is 0 Å². The fourth-order valence-electron chi connectivity index (χ4n) is 4.18. The highest BCUT2D eigenvalue weighted by Crippen LogP contribution is 2.41. The van der Waals surface area contributed by atoms with Gasteiger partial charge in [0.05, 0.1) is 16.6 Å². The number of amides is 2. The summed E-state index contributed by atoms with van der Waals surface area (Å²) in [6.45, 7) is 0.921. The number of carbonyl (C=O) groups excluding carboxylic acids is 2. The molecule has 0 aliphatic carbocycles. The van der Waals surface area contributed by atoms with Gasteiger partial charge in [-0.05, 0) is 43.9 Å². The van der Waals surface area contributed by atoms with Crippen LogP contribution in [0.15, 0.2) is 54.6 Å². The third-order valence-electron chi connectivity index (χ3n) is 5.65. The molecule has 0 saturated carbocycles. The quantitative estimate of drug-likeness (QED) is 0.511. The van der Waals surface area contributed by atoms with Crippen molar-refractivity contribution in [2.75, 3.05) is 27.2 Å². The Hall–Kier alpha value is -3.64. The van der Waals surface area contributed by atoms with E-state index in [9.17, 15) is 14.7 Å². The molecule has 0 unspecified atom stereocenters. The summed E-state index contributed by atoms with van der Waals surface area (Å²) >= 11 is 0. The Morgan fingerprint density at radius 3 is 2.47 bits per heavy atom. The van der Waals surface area contributed by atoms with E-state index in [-0.39, 0.29) is 17.6 Å². The summed E-state index contributed by atoms with van der Waals surface area (Å²) in [5.74, 6) is -0.445. The van der Waals surface area contributed by atoms with E-state index < -0.39 is 0 Å². The number of likely N-dealkylation sites (N-methyl/N-ethyl adjacent to an activating group) is 1. The molecule has 0 fully saturated rings. The van der Waals surface area contributed by atoms with Crippen LogP contribution in [0.25, 0.3) is 32.9 Å². The monoisotopic (exact) mass is 399 g/mol. The van der Waals surface area contributed by atoms with E-state index in [1.54, 1.807) is 18.2 Å². The number of H-pyrrole nitrogens is 1. The van der Waals surface area contributed by atoms with Crippen LogP contribution in [0.4, 0.5) is 0 Å². The van der Waals surface area contributed by atoms with E-state index in [4.69, 9.17) is 0 Å². The Kier molecular flexibility index (Phi) is 4.11. The number of nitrogens with zero attached hydrogens (tertiary/aromatic N) is 2. The van der Waals surface area contributed by atoms with Gasteiger partial charge in [-0.25, -0.2) is 0 Å². The Balaban J connectivity index is 1.83. The number of nitrogens with one attached hydrogen (secondary N) is 1. The lowest BCUT2D eigenvalue weighted by Gasteiger charge is -2.16. The molecule has 0 atom stereocenters. The summed E-state index contributed by atoms with van der Waals surface area (Å²) in [5, 5.41) is 11.5. The highest BCUT2D eigenvalue weighted by molar-refractivity contribution is 6.31. The van der Waals surface area contributed by atoms with Gasteiger partial charge in [-0.3, -0.25) is 14.5 Å². The minimum Gasteiger partial charge on any atom is -0.508 e. The van der Waals surface area contributed by atoms with Gasteiger partial charge in [-0.2, -0.15) is 0 Å². The Morgan fingerprint density at radius 1 is 0.967 bits per heavy atom. The van der Waals surface area contributed by atoms with Crippen LogP contribution in [0, 0.1) is 0 Å². The number of fused-ring (bicyclic) bond motifs is 5. The molecule has 0 radical (unpaired) electrons. The van der Waals surface area contributed by atoms with E-state index in [1.165, 1.54) is 4.90 Å². The van der Waals surface area contributed by atoms with Crippen LogP contribution < -0.4 is 0 Å². The number of rotatable bonds is 4. The number of benzene rings is 3. The third kappa shape index (κ3) is 2.69. The first-order valence-electron chi connectivity index (χ1n) is 9.83. The normalized spacial score (nSPS) is 13.8. The summed E-state index contributed by atoms with van der Waals surface area (Å²) in [6, 6.07) is 16.6. The Bertz CT molecular complexity index is 1320. The second-order valence-electron chi connectivity index (χ2n) is 7.88. The number of phenols is 1. The first kappa shape index (κ1) is 18.4. The van der Waals surface area contributed by atoms with Crippen molar-refractivity contribution < 1.29 is 14.7 Å². The van der Waals surface area contributed by atoms with E-state index >= 15 is 0 Å². The molecule has 3 aromatic carbocycles. The standard InChI is InChI=1S/C24H21N3O3/c1-26(2)10-11-27-23(29)18-13-16(14-6-4-3-5-7-14)22-20(21(18)24(27)30)17-12-15(28)8-9-19(17)25-22/h3-9,12-13,25,28H,10-11H2,1-2H3. The minimum absolute atomic E-state index is 0.114. The SMILES string of the molecule is CN(C)CCN1C(=O)c2cc(-c3ccccc3)c3[nH]c4ccc(O)cc4c3c2C1=O. The molecular weight excluding hydrogens is 378 g/mol. The first-order chi connectivity index (χ1) is 14.5. The number of imide groups is 1. The van der Waals surface area contributed by atoms with Gasteiger partial charge >= 0.3 is 0 Å². The Labute approximate surface area is 173 Å². The van der Waals surface area contributed by atoms with E-state index in [0.717, 1.165) is 27.5 Å². The van der Waals surface area contributed by atoms with Crippen molar-refractivity contribution in [2.45, 2.75) is 0 Å². The van der Waals surface area contributed by atoms with Crippen molar-refractivity contribution >= 4 is 33.6 Å². The van der Waals surface area contributed by atoms with Crippen LogP contribution in [0.1, 0.15) is 20.7 Å². The molecule has 6 heteroatoms. The van der Waals surface area contributed by atoms with Gasteiger partial charge in [0.2, 0.25) is 0 Å². The molecular formula is C24H21N3O3. The molecule has 1 aliphatic rings. The predicted octanol–water partition coefficient (Wildman–Crippen LogP) is 3.85. The van der Waals surface area contributed by atoms with Crippen molar-refractivity contribution in [3.8, 4) is 16.9 Å². The van der Waals surface area contributed by atoms with Gasteiger partial charge < -0.3 is 15.0 Å². The van der Waals surface area contributed by atoms with Gasteiger partial charge in [0.1, 0.15) is 5.75 Å². The number of phenolic OH excluding ortho intramolecular Hbond substituents is 1. The van der Waals surface area contributed by atoms with Crippen molar-refractivity contribution in [1.29, 1.82) is 0 Å². The zero-order valence-corrected chi connectivity index (χ0v) is 16.8. The second-order valence-corrected chi connectivity index (χ2v) is 7.88. The van der Waals surface area contributed by atoms with E-state index in [0.29, 0.717) is 29.6 Å². The molecule has 0 spiro atoms. The van der Waals surface area contributed by atoms with Gasteiger partial charge in [-0.15, -0.1) is 0 Å². The Morgan fingerprint density at radius 2 is 1.73 bits per heavy atom. The lowest BCUT2D eigenvalue weighted by Crippen LogP contribution is -2.35. The molecule has 150 valence electrons. The van der Waals surface area contributed by atoms with Crippen LogP contribution in [-0.4, -0.2) is 58.9 Å².